The summed E-state index contributed by atoms with van der Waals surface area (Å²) in [5.74, 6) is 1.65. The van der Waals surface area contributed by atoms with E-state index in [-0.39, 0.29) is 60.1 Å². The smallest absolute Gasteiger partial charge is 0.407 e. The van der Waals surface area contributed by atoms with E-state index in [0.717, 1.165) is 56.1 Å². The van der Waals surface area contributed by atoms with E-state index < -0.39 is 12.1 Å². The van der Waals surface area contributed by atoms with Crippen LogP contribution in [-0.4, -0.2) is 48.1 Å². The largest absolute Gasteiger partial charge is 0.481 e. The molecule has 2 aromatic carbocycles. The average molecular weight is 669 g/mol. The molecule has 0 aliphatic heterocycles. The predicted molar refractivity (Wildman–Crippen MR) is 187 cm³/mol. The highest BCUT2D eigenvalue weighted by molar-refractivity contribution is 5.87. The Kier molecular flexibility index (Phi) is 9.12. The van der Waals surface area contributed by atoms with Crippen LogP contribution in [0, 0.1) is 46.3 Å². The van der Waals surface area contributed by atoms with Crippen LogP contribution >= 0.6 is 0 Å². The molecule has 2 amide bonds. The lowest BCUT2D eigenvalue weighted by atomic mass is 9.44. The molecule has 2 aromatic rings. The number of alkyl carbamates (subject to hydrolysis) is 1. The van der Waals surface area contributed by atoms with Gasteiger partial charge >= 0.3 is 12.1 Å². The van der Waals surface area contributed by atoms with Crippen LogP contribution < -0.4 is 10.6 Å². The first kappa shape index (κ1) is 33.8. The van der Waals surface area contributed by atoms with Gasteiger partial charge in [-0.1, -0.05) is 69.3 Å². The van der Waals surface area contributed by atoms with E-state index in [0.29, 0.717) is 42.3 Å². The number of carbonyl (C=O) groups excluding carboxylic acids is 3. The lowest BCUT2D eigenvalue weighted by Crippen LogP contribution is -2.58. The van der Waals surface area contributed by atoms with Gasteiger partial charge in [-0.2, -0.15) is 0 Å². The summed E-state index contributed by atoms with van der Waals surface area (Å²) in [6.45, 7) is 6.85. The molecule has 8 heteroatoms. The first-order chi connectivity index (χ1) is 23.5. The molecule has 0 saturated heterocycles. The quantitative estimate of drug-likeness (QED) is 0.257. The summed E-state index contributed by atoms with van der Waals surface area (Å²) in [5, 5.41) is 15.1. The number of Topliss-reactive ketones (excluding diaryl/α,β-unsaturated/α-hetero) is 1. The number of amides is 2. The fraction of sp³-hybridized carbons (Fsp3) is 0.610. The number of carbonyl (C=O) groups is 4. The minimum absolute atomic E-state index is 0.0331. The van der Waals surface area contributed by atoms with Gasteiger partial charge in [0.25, 0.3) is 0 Å². The van der Waals surface area contributed by atoms with Crippen molar-refractivity contribution in [2.75, 3.05) is 13.2 Å². The zero-order valence-electron chi connectivity index (χ0n) is 29.2. The Hall–Kier alpha value is -3.68. The molecule has 8 nitrogen and oxygen atoms in total. The van der Waals surface area contributed by atoms with Gasteiger partial charge in [-0.3, -0.25) is 14.4 Å². The average Bonchev–Trinajstić information content (AvgIpc) is 3.62. The summed E-state index contributed by atoms with van der Waals surface area (Å²) in [4.78, 5) is 51.0. The van der Waals surface area contributed by atoms with Crippen molar-refractivity contribution < 1.29 is 29.0 Å². The molecular weight excluding hydrogens is 616 g/mol. The third-order valence-electron chi connectivity index (χ3n) is 14.2. The normalized spacial score (nSPS) is 33.7. The second-order valence-corrected chi connectivity index (χ2v) is 16.4. The Morgan fingerprint density at radius 2 is 1.63 bits per heavy atom. The van der Waals surface area contributed by atoms with Gasteiger partial charge in [0, 0.05) is 30.2 Å². The van der Waals surface area contributed by atoms with Crippen LogP contribution in [0.5, 0.6) is 0 Å². The molecule has 0 heterocycles. The number of nitrogens with one attached hydrogen (secondary N) is 2. The molecule has 0 spiro atoms. The SMILES string of the molecule is CC(CCC(=O)O)[C@H]1CCC2C3CC[C@@H]4C[C@@H](NC(=O)CNC(=O)OCC5c6ccccc6-c6ccccc65)CC[C@]4(C)C3CC(=O)[C@@]21C. The number of ketones is 1. The zero-order valence-corrected chi connectivity index (χ0v) is 29.2. The number of benzene rings is 2. The predicted octanol–water partition coefficient (Wildman–Crippen LogP) is 7.35. The van der Waals surface area contributed by atoms with E-state index >= 15 is 0 Å². The van der Waals surface area contributed by atoms with Crippen LogP contribution in [0.15, 0.2) is 48.5 Å². The van der Waals surface area contributed by atoms with E-state index in [1.165, 1.54) is 11.1 Å². The lowest BCUT2D eigenvalue weighted by Gasteiger charge is -2.60. The molecule has 5 aliphatic rings. The fourth-order valence-electron chi connectivity index (χ4n) is 11.7. The van der Waals surface area contributed by atoms with Crippen molar-refractivity contribution in [3.63, 3.8) is 0 Å². The second-order valence-electron chi connectivity index (χ2n) is 16.4. The summed E-state index contributed by atoms with van der Waals surface area (Å²) in [6.07, 6.45) is 7.94. The van der Waals surface area contributed by atoms with Gasteiger partial charge in [-0.25, -0.2) is 4.79 Å². The van der Waals surface area contributed by atoms with Crippen molar-refractivity contribution in [2.24, 2.45) is 46.3 Å². The Labute approximate surface area is 290 Å². The van der Waals surface area contributed by atoms with Gasteiger partial charge in [0.05, 0.1) is 0 Å². The summed E-state index contributed by atoms with van der Waals surface area (Å²) in [7, 11) is 0. The number of carboxylic acid groups (broad SMARTS) is 1. The lowest BCUT2D eigenvalue weighted by molar-refractivity contribution is -0.158. The molecule has 5 aliphatic carbocycles. The maximum absolute atomic E-state index is 14.1. The van der Waals surface area contributed by atoms with Gasteiger partial charge in [-0.05, 0) is 115 Å². The van der Waals surface area contributed by atoms with E-state index in [2.05, 4.69) is 55.7 Å². The number of rotatable bonds is 9. The number of aliphatic carboxylic acids is 1. The Morgan fingerprint density at radius 3 is 2.33 bits per heavy atom. The molecule has 3 N–H and O–H groups in total. The van der Waals surface area contributed by atoms with Gasteiger partial charge < -0.3 is 20.5 Å². The van der Waals surface area contributed by atoms with Crippen LogP contribution in [0.3, 0.4) is 0 Å². The minimum Gasteiger partial charge on any atom is -0.481 e. The standard InChI is InChI=1S/C41H52N2O6/c1-24(12-17-38(46)47)33-15-16-34-31-14-13-25-20-26(18-19-40(25,2)35(31)21-36(44)41(33,34)3)43-37(45)22-42-39(48)49-23-32-29-10-6-4-8-27(29)28-9-5-7-11-30(28)32/h4-11,24-26,31-35H,12-23H2,1-3H3,(H,42,48)(H,43,45)(H,46,47)/t24?,25-,26+,31?,33-,34?,35?,40+,41-/m1/s1. The topological polar surface area (TPSA) is 122 Å². The summed E-state index contributed by atoms with van der Waals surface area (Å²) in [5.41, 5.74) is 4.37. The van der Waals surface area contributed by atoms with Crippen molar-refractivity contribution in [2.45, 2.75) is 96.9 Å². The van der Waals surface area contributed by atoms with Crippen molar-refractivity contribution in [3.05, 3.63) is 59.7 Å². The fourth-order valence-corrected chi connectivity index (χ4v) is 11.7. The molecule has 4 fully saturated rings. The number of carboxylic acids is 1. The monoisotopic (exact) mass is 668 g/mol. The van der Waals surface area contributed by atoms with Crippen LogP contribution in [0.4, 0.5) is 4.79 Å². The Morgan fingerprint density at radius 1 is 0.939 bits per heavy atom. The molecule has 262 valence electrons. The summed E-state index contributed by atoms with van der Waals surface area (Å²) >= 11 is 0. The van der Waals surface area contributed by atoms with Gasteiger partial charge in [0.15, 0.2) is 0 Å². The van der Waals surface area contributed by atoms with Gasteiger partial charge in [-0.15, -0.1) is 0 Å². The van der Waals surface area contributed by atoms with Gasteiger partial charge in [0.2, 0.25) is 5.91 Å². The van der Waals surface area contributed by atoms with E-state index in [4.69, 9.17) is 4.74 Å². The highest BCUT2D eigenvalue weighted by Gasteiger charge is 2.64. The molecule has 4 unspecified atom stereocenters. The molecule has 4 saturated carbocycles. The summed E-state index contributed by atoms with van der Waals surface area (Å²) in [6, 6.07) is 16.5. The first-order valence-corrected chi connectivity index (χ1v) is 18.6. The zero-order chi connectivity index (χ0) is 34.5. The minimum atomic E-state index is -0.758. The molecule has 0 aromatic heterocycles. The van der Waals surface area contributed by atoms with Crippen LogP contribution in [0.2, 0.25) is 0 Å². The number of hydrogen-bond donors (Lipinski definition) is 3. The summed E-state index contributed by atoms with van der Waals surface area (Å²) < 4.78 is 5.62. The number of fused-ring (bicyclic) bond motifs is 8. The van der Waals surface area contributed by atoms with Crippen molar-refractivity contribution in [1.29, 1.82) is 0 Å². The number of hydrogen-bond acceptors (Lipinski definition) is 5. The van der Waals surface area contributed by atoms with Crippen LogP contribution in [-0.2, 0) is 19.1 Å². The maximum Gasteiger partial charge on any atom is 0.407 e. The molecule has 0 radical (unpaired) electrons. The molecular formula is C41H52N2O6. The molecule has 49 heavy (non-hydrogen) atoms. The number of ether oxygens (including phenoxy) is 1. The maximum atomic E-state index is 14.1. The van der Waals surface area contributed by atoms with Crippen molar-refractivity contribution in [3.8, 4) is 11.1 Å². The van der Waals surface area contributed by atoms with Crippen LogP contribution in [0.1, 0.15) is 102 Å². The Balaban J connectivity index is 0.904. The molecule has 7 rings (SSSR count). The van der Waals surface area contributed by atoms with Gasteiger partial charge in [0.1, 0.15) is 18.9 Å². The molecule has 0 bridgehead atoms. The Bertz CT molecular complexity index is 1580. The van der Waals surface area contributed by atoms with Crippen molar-refractivity contribution in [1.82, 2.24) is 10.6 Å². The highest BCUT2D eigenvalue weighted by Crippen LogP contribution is 2.67. The molecule has 9 atom stereocenters. The van der Waals surface area contributed by atoms with E-state index in [1.54, 1.807) is 0 Å². The second kappa shape index (κ2) is 13.2. The van der Waals surface area contributed by atoms with E-state index in [1.807, 2.05) is 24.3 Å². The van der Waals surface area contributed by atoms with Crippen LogP contribution in [0.25, 0.3) is 11.1 Å². The first-order valence-electron chi connectivity index (χ1n) is 18.6. The highest BCUT2D eigenvalue weighted by atomic mass is 16.5. The van der Waals surface area contributed by atoms with Crippen molar-refractivity contribution >= 4 is 23.8 Å². The van der Waals surface area contributed by atoms with E-state index in [9.17, 15) is 24.3 Å². The third-order valence-corrected chi connectivity index (χ3v) is 14.2. The third kappa shape index (κ3) is 5.97.